The summed E-state index contributed by atoms with van der Waals surface area (Å²) in [6.45, 7) is 4.29. The Bertz CT molecular complexity index is 1040. The molecule has 0 saturated carbocycles. The molecule has 1 fully saturated rings. The van der Waals surface area contributed by atoms with Gasteiger partial charge in [0.05, 0.1) is 24.4 Å². The second-order valence-corrected chi connectivity index (χ2v) is 8.77. The molecule has 0 amide bonds. The molecule has 1 saturated heterocycles. The first-order valence-corrected chi connectivity index (χ1v) is 11.0. The molecule has 1 aliphatic rings. The predicted molar refractivity (Wildman–Crippen MR) is 107 cm³/mol. The van der Waals surface area contributed by atoms with E-state index in [2.05, 4.69) is 15.2 Å². The molecule has 8 nitrogen and oxygen atoms in total. The second kappa shape index (κ2) is 8.58. The number of halogens is 1. The predicted octanol–water partition coefficient (Wildman–Crippen LogP) is 3.16. The summed E-state index contributed by atoms with van der Waals surface area (Å²) in [5.41, 5.74) is 0. The lowest BCUT2D eigenvalue weighted by atomic mass is 10.4. The van der Waals surface area contributed by atoms with Crippen LogP contribution in [0, 0.1) is 0 Å². The first-order chi connectivity index (χ1) is 14.0. The van der Waals surface area contributed by atoms with Gasteiger partial charge in [0.2, 0.25) is 20.7 Å². The van der Waals surface area contributed by atoms with Gasteiger partial charge >= 0.3 is 0 Å². The number of sulfone groups is 1. The average Bonchev–Trinajstić information content (AvgIpc) is 3.39. The lowest BCUT2D eigenvalue weighted by molar-refractivity contribution is 0.0398. The van der Waals surface area contributed by atoms with Crippen molar-refractivity contribution < 1.29 is 22.0 Å². The van der Waals surface area contributed by atoms with Gasteiger partial charge in [-0.2, -0.15) is 4.98 Å². The summed E-state index contributed by atoms with van der Waals surface area (Å²) in [6, 6.07) is 9.26. The van der Waals surface area contributed by atoms with Gasteiger partial charge in [-0.15, -0.1) is 0 Å². The number of nitrogens with one attached hydrogen (secondary N) is 1. The van der Waals surface area contributed by atoms with Crippen LogP contribution in [0.1, 0.15) is 0 Å². The highest BCUT2D eigenvalue weighted by atomic mass is 35.5. The molecule has 3 aromatic rings. The van der Waals surface area contributed by atoms with Crippen molar-refractivity contribution in [3.05, 3.63) is 47.7 Å². The molecule has 4 rings (SSSR count). The van der Waals surface area contributed by atoms with Gasteiger partial charge in [0.15, 0.2) is 5.76 Å². The third-order valence-corrected chi connectivity index (χ3v) is 6.45. The molecule has 0 unspecified atom stereocenters. The molecule has 10 heteroatoms. The van der Waals surface area contributed by atoms with E-state index in [1.54, 1.807) is 12.1 Å². The zero-order chi connectivity index (χ0) is 20.3. The van der Waals surface area contributed by atoms with Gasteiger partial charge in [-0.25, -0.2) is 8.42 Å². The van der Waals surface area contributed by atoms with Crippen LogP contribution in [0.15, 0.2) is 61.4 Å². The van der Waals surface area contributed by atoms with E-state index in [1.807, 2.05) is 0 Å². The number of ether oxygens (including phenoxy) is 1. The summed E-state index contributed by atoms with van der Waals surface area (Å²) in [6.07, 6.45) is 1.47. The molecule has 1 N–H and O–H groups in total. The van der Waals surface area contributed by atoms with Crippen LogP contribution in [0.3, 0.4) is 0 Å². The molecule has 3 heterocycles. The minimum Gasteiger partial charge on any atom is -0.459 e. The van der Waals surface area contributed by atoms with Crippen LogP contribution in [0.5, 0.6) is 0 Å². The molecule has 154 valence electrons. The fourth-order valence-corrected chi connectivity index (χ4v) is 4.39. The molecule has 1 aromatic carbocycles. The van der Waals surface area contributed by atoms with Crippen LogP contribution >= 0.6 is 11.6 Å². The quantitative estimate of drug-likeness (QED) is 0.601. The normalized spacial score (nSPS) is 15.5. The number of morpholine rings is 1. The number of nitrogens with zero attached hydrogens (tertiary/aromatic N) is 2. The molecular weight excluding hydrogens is 418 g/mol. The van der Waals surface area contributed by atoms with Crippen molar-refractivity contribution in [3.63, 3.8) is 0 Å². The summed E-state index contributed by atoms with van der Waals surface area (Å²) in [5, 5.41) is 3.33. The van der Waals surface area contributed by atoms with E-state index in [1.165, 1.54) is 30.5 Å². The van der Waals surface area contributed by atoms with E-state index in [9.17, 15) is 8.42 Å². The number of oxazole rings is 1. The minimum atomic E-state index is -3.91. The maximum Gasteiger partial charge on any atom is 0.266 e. The van der Waals surface area contributed by atoms with Crippen molar-refractivity contribution in [2.24, 2.45) is 0 Å². The third-order valence-electron chi connectivity index (χ3n) is 4.52. The number of aromatic nitrogens is 1. The second-order valence-electron chi connectivity index (χ2n) is 6.47. The Labute approximate surface area is 173 Å². The SMILES string of the molecule is O=S(=O)(c1ccc(Cl)cc1)c1nc(-c2ccco2)oc1NCCN1CCOCC1. The van der Waals surface area contributed by atoms with E-state index >= 15 is 0 Å². The summed E-state index contributed by atoms with van der Waals surface area (Å²) in [5.74, 6) is 0.523. The van der Waals surface area contributed by atoms with Crippen LogP contribution in [-0.2, 0) is 14.6 Å². The van der Waals surface area contributed by atoms with Gasteiger partial charge in [-0.3, -0.25) is 4.90 Å². The summed E-state index contributed by atoms with van der Waals surface area (Å²) in [4.78, 5) is 6.52. The largest absolute Gasteiger partial charge is 0.459 e. The lowest BCUT2D eigenvalue weighted by Crippen LogP contribution is -2.39. The average molecular weight is 438 g/mol. The number of anilines is 1. The van der Waals surface area contributed by atoms with Gasteiger partial charge in [0, 0.05) is 31.2 Å². The molecule has 0 bridgehead atoms. The first kappa shape index (κ1) is 20.0. The molecule has 2 aromatic heterocycles. The van der Waals surface area contributed by atoms with Crippen molar-refractivity contribution in [1.29, 1.82) is 0 Å². The topological polar surface area (TPSA) is 97.8 Å². The van der Waals surface area contributed by atoms with Gasteiger partial charge in [0.1, 0.15) is 0 Å². The van der Waals surface area contributed by atoms with Crippen LogP contribution < -0.4 is 5.32 Å². The van der Waals surface area contributed by atoms with Crippen LogP contribution in [0.4, 0.5) is 5.88 Å². The lowest BCUT2D eigenvalue weighted by Gasteiger charge is -2.26. The zero-order valence-electron chi connectivity index (χ0n) is 15.5. The van der Waals surface area contributed by atoms with Gasteiger partial charge in [-0.1, -0.05) is 11.6 Å². The number of hydrogen-bond acceptors (Lipinski definition) is 8. The highest BCUT2D eigenvalue weighted by molar-refractivity contribution is 7.91. The number of hydrogen-bond donors (Lipinski definition) is 1. The highest BCUT2D eigenvalue weighted by Gasteiger charge is 2.29. The van der Waals surface area contributed by atoms with Crippen LogP contribution in [0.2, 0.25) is 5.02 Å². The maximum atomic E-state index is 13.2. The monoisotopic (exact) mass is 437 g/mol. The standard InChI is InChI=1S/C19H20ClN3O5S/c20-14-3-5-15(6-4-14)29(24,25)19-18(21-7-8-23-9-12-26-13-10-23)28-17(22-19)16-2-1-11-27-16/h1-6,11,21H,7-10,12-13H2. The van der Waals surface area contributed by atoms with E-state index in [-0.39, 0.29) is 21.7 Å². The highest BCUT2D eigenvalue weighted by Crippen LogP contribution is 2.32. The van der Waals surface area contributed by atoms with Crippen molar-refractivity contribution in [2.45, 2.75) is 9.92 Å². The van der Waals surface area contributed by atoms with E-state index in [0.29, 0.717) is 30.5 Å². The third kappa shape index (κ3) is 4.48. The molecular formula is C19H20ClN3O5S. The molecule has 0 aliphatic carbocycles. The summed E-state index contributed by atoms with van der Waals surface area (Å²) in [7, 11) is -3.91. The first-order valence-electron chi connectivity index (χ1n) is 9.13. The molecule has 0 spiro atoms. The summed E-state index contributed by atoms with van der Waals surface area (Å²) >= 11 is 5.89. The molecule has 1 aliphatic heterocycles. The van der Waals surface area contributed by atoms with Crippen LogP contribution in [0.25, 0.3) is 11.7 Å². The van der Waals surface area contributed by atoms with Crippen molar-refractivity contribution in [3.8, 4) is 11.7 Å². The number of furan rings is 1. The van der Waals surface area contributed by atoms with E-state index in [0.717, 1.165) is 19.6 Å². The van der Waals surface area contributed by atoms with Gasteiger partial charge < -0.3 is 18.9 Å². The summed E-state index contributed by atoms with van der Waals surface area (Å²) < 4.78 is 42.7. The van der Waals surface area contributed by atoms with Crippen LogP contribution in [-0.4, -0.2) is 57.7 Å². The maximum absolute atomic E-state index is 13.2. The van der Waals surface area contributed by atoms with E-state index < -0.39 is 9.84 Å². The Morgan fingerprint density at radius 1 is 1.14 bits per heavy atom. The zero-order valence-corrected chi connectivity index (χ0v) is 17.1. The Balaban J connectivity index is 1.61. The smallest absolute Gasteiger partial charge is 0.266 e. The van der Waals surface area contributed by atoms with Crippen molar-refractivity contribution >= 4 is 27.3 Å². The van der Waals surface area contributed by atoms with Crippen molar-refractivity contribution in [1.82, 2.24) is 9.88 Å². The van der Waals surface area contributed by atoms with E-state index in [4.69, 9.17) is 25.2 Å². The number of benzene rings is 1. The van der Waals surface area contributed by atoms with Crippen molar-refractivity contribution in [2.75, 3.05) is 44.7 Å². The molecule has 29 heavy (non-hydrogen) atoms. The Kier molecular flexibility index (Phi) is 5.91. The Morgan fingerprint density at radius 2 is 1.90 bits per heavy atom. The fraction of sp³-hybridized carbons (Fsp3) is 0.316. The molecule has 0 radical (unpaired) electrons. The van der Waals surface area contributed by atoms with Gasteiger partial charge in [-0.05, 0) is 36.4 Å². The number of rotatable bonds is 7. The fourth-order valence-electron chi connectivity index (χ4n) is 2.98. The van der Waals surface area contributed by atoms with Gasteiger partial charge in [0.25, 0.3) is 5.89 Å². The minimum absolute atomic E-state index is 0.0809. The molecule has 0 atom stereocenters. The Hall–Kier alpha value is -2.33. The Morgan fingerprint density at radius 3 is 2.59 bits per heavy atom.